The zero-order chi connectivity index (χ0) is 8.91. The third kappa shape index (κ3) is 1.91. The van der Waals surface area contributed by atoms with Crippen molar-refractivity contribution >= 4 is 0 Å². The first-order valence-electron chi connectivity index (χ1n) is 3.36. The molecule has 0 atom stereocenters. The molecular formula is C8H14O3. The first kappa shape index (κ1) is 10.4. The minimum atomic E-state index is -0.957. The fraction of sp³-hybridized carbons (Fsp3) is 0.625. The van der Waals surface area contributed by atoms with Crippen molar-refractivity contribution in [2.45, 2.75) is 6.92 Å². The van der Waals surface area contributed by atoms with Gasteiger partial charge in [-0.15, -0.1) is 5.73 Å². The molecular weight excluding hydrogens is 144 g/mol. The van der Waals surface area contributed by atoms with E-state index < -0.39 is 5.41 Å². The first-order valence-corrected chi connectivity index (χ1v) is 3.36. The molecule has 0 bridgehead atoms. The van der Waals surface area contributed by atoms with Crippen LogP contribution in [0.15, 0.2) is 17.9 Å². The molecule has 0 aliphatic rings. The van der Waals surface area contributed by atoms with E-state index in [1.807, 2.05) is 0 Å². The number of aliphatic hydroxyl groups is 3. The maximum Gasteiger partial charge on any atom is 0.0676 e. The number of hydrogen-bond acceptors (Lipinski definition) is 3. The van der Waals surface area contributed by atoms with Crippen molar-refractivity contribution in [1.29, 1.82) is 0 Å². The van der Waals surface area contributed by atoms with Gasteiger partial charge in [0.25, 0.3) is 0 Å². The van der Waals surface area contributed by atoms with Crippen molar-refractivity contribution < 1.29 is 15.3 Å². The lowest BCUT2D eigenvalue weighted by Crippen LogP contribution is -2.34. The zero-order valence-electron chi connectivity index (χ0n) is 6.67. The molecule has 0 amide bonds. The Morgan fingerprint density at radius 3 is 1.73 bits per heavy atom. The lowest BCUT2D eigenvalue weighted by atomic mass is 9.84. The maximum atomic E-state index is 8.87. The zero-order valence-corrected chi connectivity index (χ0v) is 6.67. The molecule has 3 N–H and O–H groups in total. The number of hydrogen-bond donors (Lipinski definition) is 3. The summed E-state index contributed by atoms with van der Waals surface area (Å²) in [7, 11) is 0. The van der Waals surface area contributed by atoms with Crippen molar-refractivity contribution in [3.63, 3.8) is 0 Å². The van der Waals surface area contributed by atoms with Crippen LogP contribution in [0, 0.1) is 5.41 Å². The van der Waals surface area contributed by atoms with E-state index in [-0.39, 0.29) is 19.8 Å². The van der Waals surface area contributed by atoms with Crippen molar-refractivity contribution in [1.82, 2.24) is 0 Å². The Morgan fingerprint density at radius 2 is 1.64 bits per heavy atom. The van der Waals surface area contributed by atoms with Gasteiger partial charge in [0.1, 0.15) is 0 Å². The molecule has 3 heteroatoms. The lowest BCUT2D eigenvalue weighted by molar-refractivity contribution is 0.0335. The molecule has 0 radical (unpaired) electrons. The van der Waals surface area contributed by atoms with Crippen LogP contribution >= 0.6 is 0 Å². The van der Waals surface area contributed by atoms with Crippen LogP contribution in [0.4, 0.5) is 0 Å². The summed E-state index contributed by atoms with van der Waals surface area (Å²) in [5, 5.41) is 26.6. The van der Waals surface area contributed by atoms with E-state index in [0.29, 0.717) is 5.57 Å². The molecule has 0 aromatic rings. The Morgan fingerprint density at radius 1 is 1.27 bits per heavy atom. The van der Waals surface area contributed by atoms with Gasteiger partial charge in [-0.2, -0.15) is 0 Å². The van der Waals surface area contributed by atoms with Gasteiger partial charge in [0, 0.05) is 0 Å². The van der Waals surface area contributed by atoms with Crippen LogP contribution in [0.2, 0.25) is 0 Å². The molecule has 11 heavy (non-hydrogen) atoms. The van der Waals surface area contributed by atoms with Crippen LogP contribution in [0.25, 0.3) is 0 Å². The smallest absolute Gasteiger partial charge is 0.0676 e. The third-order valence-electron chi connectivity index (χ3n) is 1.97. The van der Waals surface area contributed by atoms with E-state index >= 15 is 0 Å². The molecule has 3 nitrogen and oxygen atoms in total. The highest BCUT2D eigenvalue weighted by atomic mass is 16.3. The highest BCUT2D eigenvalue weighted by Gasteiger charge is 2.29. The predicted octanol–water partition coefficient (Wildman–Crippen LogP) is -0.319. The highest BCUT2D eigenvalue weighted by Crippen LogP contribution is 2.23. The monoisotopic (exact) mass is 158 g/mol. The molecule has 0 unspecified atom stereocenters. The van der Waals surface area contributed by atoms with Gasteiger partial charge in [-0.3, -0.25) is 0 Å². The van der Waals surface area contributed by atoms with Gasteiger partial charge in [0.05, 0.1) is 25.2 Å². The van der Waals surface area contributed by atoms with Gasteiger partial charge in [0.2, 0.25) is 0 Å². The number of rotatable bonds is 4. The summed E-state index contributed by atoms with van der Waals surface area (Å²) in [6.45, 7) is 4.15. The molecule has 0 aromatic heterocycles. The van der Waals surface area contributed by atoms with E-state index in [4.69, 9.17) is 15.3 Å². The molecule has 0 spiro atoms. The summed E-state index contributed by atoms with van der Waals surface area (Å²) in [6.07, 6.45) is 0. The van der Waals surface area contributed by atoms with Crippen LogP contribution in [-0.4, -0.2) is 35.1 Å². The Balaban J connectivity index is 4.68. The van der Waals surface area contributed by atoms with Crippen LogP contribution in [0.5, 0.6) is 0 Å². The summed E-state index contributed by atoms with van der Waals surface area (Å²) in [6, 6.07) is 0. The Kier molecular flexibility index (Phi) is 4.08. The molecule has 0 saturated heterocycles. The molecule has 0 saturated carbocycles. The van der Waals surface area contributed by atoms with Crippen LogP contribution in [0.3, 0.4) is 0 Å². The predicted molar refractivity (Wildman–Crippen MR) is 42.0 cm³/mol. The molecule has 0 rings (SSSR count). The molecule has 64 valence electrons. The lowest BCUT2D eigenvalue weighted by Gasteiger charge is -2.26. The minimum absolute atomic E-state index is 0.297. The van der Waals surface area contributed by atoms with Gasteiger partial charge >= 0.3 is 0 Å². The van der Waals surface area contributed by atoms with E-state index in [2.05, 4.69) is 12.3 Å². The molecule has 0 aromatic carbocycles. The average Bonchev–Trinajstić information content (AvgIpc) is 2.08. The fourth-order valence-electron chi connectivity index (χ4n) is 0.693. The fourth-order valence-corrected chi connectivity index (χ4v) is 0.693. The van der Waals surface area contributed by atoms with Gasteiger partial charge in [-0.25, -0.2) is 0 Å². The Bertz CT molecular complexity index is 156. The van der Waals surface area contributed by atoms with Crippen molar-refractivity contribution in [2.75, 3.05) is 19.8 Å². The standard InChI is InChI=1S/C8H14O3/c1-3-7(2)8(4-9,5-10)6-11/h9-11H,1,4-6H2,2H3. The van der Waals surface area contributed by atoms with Crippen molar-refractivity contribution in [3.8, 4) is 0 Å². The minimum Gasteiger partial charge on any atom is -0.395 e. The molecule has 0 fully saturated rings. The highest BCUT2D eigenvalue weighted by molar-refractivity contribution is 5.10. The quantitative estimate of drug-likeness (QED) is 0.491. The van der Waals surface area contributed by atoms with Crippen molar-refractivity contribution in [3.05, 3.63) is 17.9 Å². The summed E-state index contributed by atoms with van der Waals surface area (Å²) in [5.74, 6) is 0. The van der Waals surface area contributed by atoms with Crippen LogP contribution in [0.1, 0.15) is 6.92 Å². The summed E-state index contributed by atoms with van der Waals surface area (Å²) < 4.78 is 0. The molecule has 0 aliphatic heterocycles. The summed E-state index contributed by atoms with van der Waals surface area (Å²) in [5.41, 5.74) is 2.16. The molecule has 0 aliphatic carbocycles. The van der Waals surface area contributed by atoms with Gasteiger partial charge < -0.3 is 15.3 Å². The normalized spacial score (nSPS) is 10.9. The summed E-state index contributed by atoms with van der Waals surface area (Å²) in [4.78, 5) is 0. The van der Waals surface area contributed by atoms with Gasteiger partial charge in [-0.1, -0.05) is 6.58 Å². The third-order valence-corrected chi connectivity index (χ3v) is 1.97. The number of aliphatic hydroxyl groups excluding tert-OH is 3. The Labute approximate surface area is 66.3 Å². The van der Waals surface area contributed by atoms with E-state index in [1.54, 1.807) is 6.92 Å². The van der Waals surface area contributed by atoms with Crippen molar-refractivity contribution in [2.24, 2.45) is 5.41 Å². The Hall–Kier alpha value is -0.600. The second-order valence-corrected chi connectivity index (χ2v) is 2.56. The topological polar surface area (TPSA) is 60.7 Å². The second kappa shape index (κ2) is 4.31. The van der Waals surface area contributed by atoms with Crippen LogP contribution in [-0.2, 0) is 0 Å². The summed E-state index contributed by atoms with van der Waals surface area (Å²) >= 11 is 0. The largest absolute Gasteiger partial charge is 0.395 e. The SMILES string of the molecule is C=C=C(C)C(CO)(CO)CO. The van der Waals surface area contributed by atoms with Crippen LogP contribution < -0.4 is 0 Å². The average molecular weight is 158 g/mol. The van der Waals surface area contributed by atoms with E-state index in [1.165, 1.54) is 0 Å². The first-order chi connectivity index (χ1) is 5.16. The van der Waals surface area contributed by atoms with E-state index in [9.17, 15) is 0 Å². The van der Waals surface area contributed by atoms with Gasteiger partial charge in [-0.05, 0) is 12.5 Å². The van der Waals surface area contributed by atoms with Gasteiger partial charge in [0.15, 0.2) is 0 Å². The maximum absolute atomic E-state index is 8.87. The van der Waals surface area contributed by atoms with E-state index in [0.717, 1.165) is 0 Å². The molecule has 0 heterocycles. The second-order valence-electron chi connectivity index (χ2n) is 2.56.